The molecule has 7 heteroatoms. The van der Waals surface area contributed by atoms with E-state index in [-0.39, 0.29) is 12.5 Å². The Morgan fingerprint density at radius 2 is 2.53 bits per heavy atom. The van der Waals surface area contributed by atoms with E-state index in [1.165, 1.54) is 16.6 Å². The van der Waals surface area contributed by atoms with Gasteiger partial charge in [-0.05, 0) is 38.7 Å². The van der Waals surface area contributed by atoms with Crippen LogP contribution in [0.3, 0.4) is 0 Å². The first-order chi connectivity index (χ1) is 8.25. The van der Waals surface area contributed by atoms with Gasteiger partial charge in [-0.1, -0.05) is 6.92 Å². The van der Waals surface area contributed by atoms with Gasteiger partial charge in [0.1, 0.15) is 12.9 Å². The van der Waals surface area contributed by atoms with Crippen molar-refractivity contribution in [2.24, 2.45) is 0 Å². The number of aromatic nitrogens is 4. The molecule has 0 saturated heterocycles. The van der Waals surface area contributed by atoms with Gasteiger partial charge < -0.3 is 5.32 Å². The number of nitrogens with zero attached hydrogens (tertiary/aromatic N) is 4. The van der Waals surface area contributed by atoms with Crippen molar-refractivity contribution in [1.82, 2.24) is 25.5 Å². The molecule has 0 radical (unpaired) electrons. The van der Waals surface area contributed by atoms with Crippen LogP contribution in [0.1, 0.15) is 18.4 Å². The van der Waals surface area contributed by atoms with E-state index in [2.05, 4.69) is 39.2 Å². The van der Waals surface area contributed by atoms with Gasteiger partial charge in [-0.3, -0.25) is 4.79 Å². The highest BCUT2D eigenvalue weighted by Crippen LogP contribution is 2.16. The molecule has 0 aliphatic carbocycles. The summed E-state index contributed by atoms with van der Waals surface area (Å²) in [6.45, 7) is 2.86. The molecule has 1 amide bonds. The molecule has 1 N–H and O–H groups in total. The number of rotatable bonds is 5. The Hall–Kier alpha value is -1.76. The molecule has 1 atom stereocenters. The van der Waals surface area contributed by atoms with Gasteiger partial charge in [0.25, 0.3) is 0 Å². The van der Waals surface area contributed by atoms with Crippen LogP contribution in [0.5, 0.6) is 0 Å². The van der Waals surface area contributed by atoms with Crippen LogP contribution in [0.25, 0.3) is 0 Å². The van der Waals surface area contributed by atoms with E-state index in [9.17, 15) is 4.79 Å². The molecular formula is C10H13N5OS. The Morgan fingerprint density at radius 1 is 1.65 bits per heavy atom. The van der Waals surface area contributed by atoms with Crippen LogP contribution < -0.4 is 5.32 Å². The zero-order valence-corrected chi connectivity index (χ0v) is 10.2. The Labute approximate surface area is 103 Å². The molecule has 0 unspecified atom stereocenters. The topological polar surface area (TPSA) is 72.7 Å². The number of hydrogen-bond acceptors (Lipinski definition) is 5. The van der Waals surface area contributed by atoms with Gasteiger partial charge in [0, 0.05) is 6.54 Å². The molecule has 0 bridgehead atoms. The first kappa shape index (κ1) is 11.7. The van der Waals surface area contributed by atoms with Crippen molar-refractivity contribution >= 4 is 17.2 Å². The molecule has 0 aliphatic rings. The van der Waals surface area contributed by atoms with Gasteiger partial charge in [0.2, 0.25) is 5.91 Å². The van der Waals surface area contributed by atoms with E-state index in [1.807, 2.05) is 5.38 Å². The van der Waals surface area contributed by atoms with E-state index >= 15 is 0 Å². The normalized spacial score (nSPS) is 12.3. The maximum atomic E-state index is 11.6. The van der Waals surface area contributed by atoms with Crippen LogP contribution in [0.15, 0.2) is 23.2 Å². The first-order valence-electron chi connectivity index (χ1n) is 5.25. The number of amides is 1. The lowest BCUT2D eigenvalue weighted by Crippen LogP contribution is -2.30. The molecular weight excluding hydrogens is 238 g/mol. The molecule has 0 spiro atoms. The minimum Gasteiger partial charge on any atom is -0.354 e. The number of carbonyl (C=O) groups excluding carboxylic acids is 1. The van der Waals surface area contributed by atoms with Crippen LogP contribution >= 0.6 is 11.3 Å². The predicted molar refractivity (Wildman–Crippen MR) is 63.6 cm³/mol. The van der Waals surface area contributed by atoms with Crippen LogP contribution in [0.4, 0.5) is 0 Å². The lowest BCUT2D eigenvalue weighted by Gasteiger charge is -2.10. The summed E-state index contributed by atoms with van der Waals surface area (Å²) in [6.07, 6.45) is 1.42. The highest BCUT2D eigenvalue weighted by Gasteiger charge is 2.08. The van der Waals surface area contributed by atoms with E-state index in [0.29, 0.717) is 12.5 Å². The number of nitrogens with one attached hydrogen (secondary N) is 1. The SMILES string of the molecule is C[C@H](CNC(=O)Cn1cnnn1)c1ccsc1. The summed E-state index contributed by atoms with van der Waals surface area (Å²) in [5, 5.41) is 17.5. The molecule has 2 aromatic heterocycles. The summed E-state index contributed by atoms with van der Waals surface area (Å²) < 4.78 is 1.39. The van der Waals surface area contributed by atoms with Gasteiger partial charge in [-0.15, -0.1) is 5.10 Å². The molecule has 2 heterocycles. The van der Waals surface area contributed by atoms with Crippen molar-refractivity contribution in [2.75, 3.05) is 6.54 Å². The molecule has 0 aliphatic heterocycles. The summed E-state index contributed by atoms with van der Waals surface area (Å²) >= 11 is 1.66. The average molecular weight is 251 g/mol. The highest BCUT2D eigenvalue weighted by molar-refractivity contribution is 7.07. The summed E-state index contributed by atoms with van der Waals surface area (Å²) in [7, 11) is 0. The Balaban J connectivity index is 1.76. The van der Waals surface area contributed by atoms with Gasteiger partial charge in [-0.2, -0.15) is 11.3 Å². The first-order valence-corrected chi connectivity index (χ1v) is 6.19. The third-order valence-electron chi connectivity index (χ3n) is 2.41. The van der Waals surface area contributed by atoms with Crippen LogP contribution in [-0.4, -0.2) is 32.7 Å². The minimum atomic E-state index is -0.0839. The number of hydrogen-bond donors (Lipinski definition) is 1. The third-order valence-corrected chi connectivity index (χ3v) is 3.12. The molecule has 0 fully saturated rings. The standard InChI is InChI=1S/C10H13N5OS/c1-8(9-2-3-17-6-9)4-11-10(16)5-15-7-12-13-14-15/h2-3,6-8H,4-5H2,1H3,(H,11,16)/t8-/m1/s1. The molecule has 90 valence electrons. The maximum absolute atomic E-state index is 11.6. The largest absolute Gasteiger partial charge is 0.354 e. The van der Waals surface area contributed by atoms with Crippen molar-refractivity contribution in [3.05, 3.63) is 28.7 Å². The molecule has 0 aromatic carbocycles. The molecule has 2 rings (SSSR count). The van der Waals surface area contributed by atoms with Crippen molar-refractivity contribution in [3.8, 4) is 0 Å². The molecule has 6 nitrogen and oxygen atoms in total. The zero-order valence-electron chi connectivity index (χ0n) is 9.41. The highest BCUT2D eigenvalue weighted by atomic mass is 32.1. The molecule has 2 aromatic rings. The van der Waals surface area contributed by atoms with Crippen molar-refractivity contribution in [2.45, 2.75) is 19.4 Å². The monoisotopic (exact) mass is 251 g/mol. The molecule has 0 saturated carbocycles. The fourth-order valence-corrected chi connectivity index (χ4v) is 2.18. The van der Waals surface area contributed by atoms with E-state index < -0.39 is 0 Å². The quantitative estimate of drug-likeness (QED) is 0.847. The number of tetrazole rings is 1. The fourth-order valence-electron chi connectivity index (χ4n) is 1.40. The summed E-state index contributed by atoms with van der Waals surface area (Å²) in [5.74, 6) is 0.235. The van der Waals surface area contributed by atoms with Gasteiger partial charge in [0.05, 0.1) is 0 Å². The second-order valence-corrected chi connectivity index (χ2v) is 4.55. The fraction of sp³-hybridized carbons (Fsp3) is 0.400. The number of thiophene rings is 1. The van der Waals surface area contributed by atoms with E-state index in [1.54, 1.807) is 11.3 Å². The lowest BCUT2D eigenvalue weighted by molar-refractivity contribution is -0.121. The summed E-state index contributed by atoms with van der Waals surface area (Å²) in [5.41, 5.74) is 1.25. The second-order valence-electron chi connectivity index (χ2n) is 3.77. The third kappa shape index (κ3) is 3.35. The van der Waals surface area contributed by atoms with Crippen molar-refractivity contribution < 1.29 is 4.79 Å². The van der Waals surface area contributed by atoms with E-state index in [4.69, 9.17) is 0 Å². The Kier molecular flexibility index (Phi) is 3.81. The smallest absolute Gasteiger partial charge is 0.241 e. The number of carbonyl (C=O) groups is 1. The van der Waals surface area contributed by atoms with E-state index in [0.717, 1.165) is 0 Å². The average Bonchev–Trinajstić information content (AvgIpc) is 2.97. The Morgan fingerprint density at radius 3 is 3.18 bits per heavy atom. The lowest BCUT2D eigenvalue weighted by atomic mass is 10.1. The van der Waals surface area contributed by atoms with Gasteiger partial charge >= 0.3 is 0 Å². The van der Waals surface area contributed by atoms with Crippen LogP contribution in [-0.2, 0) is 11.3 Å². The van der Waals surface area contributed by atoms with Crippen LogP contribution in [0.2, 0.25) is 0 Å². The van der Waals surface area contributed by atoms with Crippen LogP contribution in [0, 0.1) is 0 Å². The van der Waals surface area contributed by atoms with Crippen molar-refractivity contribution in [1.29, 1.82) is 0 Å². The second kappa shape index (κ2) is 5.53. The summed E-state index contributed by atoms with van der Waals surface area (Å²) in [6, 6.07) is 2.07. The van der Waals surface area contributed by atoms with Gasteiger partial charge in [-0.25, -0.2) is 4.68 Å². The minimum absolute atomic E-state index is 0.0839. The Bertz CT molecular complexity index is 453. The molecule has 17 heavy (non-hydrogen) atoms. The zero-order chi connectivity index (χ0) is 12.1. The van der Waals surface area contributed by atoms with Gasteiger partial charge in [0.15, 0.2) is 0 Å². The predicted octanol–water partition coefficient (Wildman–Crippen LogP) is 0.654. The summed E-state index contributed by atoms with van der Waals surface area (Å²) in [4.78, 5) is 11.6. The van der Waals surface area contributed by atoms with Crippen molar-refractivity contribution in [3.63, 3.8) is 0 Å². The maximum Gasteiger partial charge on any atom is 0.241 e.